The molecular formula is C32H20S2. The summed E-state index contributed by atoms with van der Waals surface area (Å²) < 4.78 is 5.86. The summed E-state index contributed by atoms with van der Waals surface area (Å²) in [7, 11) is 0. The molecule has 6 aromatic rings. The van der Waals surface area contributed by atoms with E-state index in [1.165, 1.54) is 53.2 Å². The van der Waals surface area contributed by atoms with Gasteiger partial charge in [0.1, 0.15) is 0 Å². The molecular weight excluding hydrogens is 448 g/mol. The van der Waals surface area contributed by atoms with Gasteiger partial charge in [0.15, 0.2) is 0 Å². The van der Waals surface area contributed by atoms with Gasteiger partial charge in [-0.2, -0.15) is 0 Å². The standard InChI is InChI=1S/C32H20S2/c1-2-4-16-12-25-23(11-15(16)3-1)31-32(33-25)24-13-21-22(14-26(24)34-31)28-18-6-8-20(10-18)30(28)29-19-7-5-17(9-19)27(21)29/h1-8,11-14,17-20H,9-10H2. The molecule has 0 fully saturated rings. The van der Waals surface area contributed by atoms with Crippen LogP contribution in [0.4, 0.5) is 0 Å². The van der Waals surface area contributed by atoms with Gasteiger partial charge in [0.05, 0.1) is 9.40 Å². The van der Waals surface area contributed by atoms with Crippen molar-refractivity contribution in [3.05, 3.63) is 95.1 Å². The number of hydrogen-bond donors (Lipinski definition) is 0. The average Bonchev–Trinajstić information content (AvgIpc) is 3.69. The van der Waals surface area contributed by atoms with Crippen molar-refractivity contribution >= 4 is 73.8 Å². The van der Waals surface area contributed by atoms with Crippen molar-refractivity contribution in [2.24, 2.45) is 0 Å². The van der Waals surface area contributed by atoms with E-state index in [0.717, 1.165) is 0 Å². The first kappa shape index (κ1) is 17.5. The Kier molecular flexibility index (Phi) is 2.90. The molecule has 0 nitrogen and oxygen atoms in total. The largest absolute Gasteiger partial charge is 0.134 e. The number of fused-ring (bicyclic) bond motifs is 20. The van der Waals surface area contributed by atoms with Crippen LogP contribution in [-0.2, 0) is 0 Å². The zero-order chi connectivity index (χ0) is 21.7. The van der Waals surface area contributed by atoms with E-state index in [1.807, 2.05) is 22.7 Å². The molecule has 4 bridgehead atoms. The van der Waals surface area contributed by atoms with E-state index < -0.39 is 0 Å². The fraction of sp³-hybridized carbons (Fsp3) is 0.188. The fourth-order valence-corrected chi connectivity index (χ4v) is 10.6. The molecule has 2 aromatic heterocycles. The summed E-state index contributed by atoms with van der Waals surface area (Å²) in [5.74, 6) is 2.56. The minimum absolute atomic E-state index is 0.621. The molecule has 0 aliphatic heterocycles. The summed E-state index contributed by atoms with van der Waals surface area (Å²) >= 11 is 4.01. The molecule has 4 aromatic carbocycles. The van der Waals surface area contributed by atoms with Crippen molar-refractivity contribution in [1.29, 1.82) is 0 Å². The van der Waals surface area contributed by atoms with Gasteiger partial charge in [-0.1, -0.05) is 48.6 Å². The van der Waals surface area contributed by atoms with Crippen LogP contribution in [0, 0.1) is 0 Å². The average molecular weight is 469 g/mol. The van der Waals surface area contributed by atoms with E-state index in [4.69, 9.17) is 0 Å². The van der Waals surface area contributed by atoms with E-state index in [-0.39, 0.29) is 0 Å². The van der Waals surface area contributed by atoms with Crippen LogP contribution in [0.2, 0.25) is 0 Å². The van der Waals surface area contributed by atoms with Crippen molar-refractivity contribution in [1.82, 2.24) is 0 Å². The number of benzene rings is 4. The zero-order valence-electron chi connectivity index (χ0n) is 18.5. The van der Waals surface area contributed by atoms with Crippen LogP contribution < -0.4 is 0 Å². The van der Waals surface area contributed by atoms with Gasteiger partial charge in [-0.15, -0.1) is 22.7 Å². The van der Waals surface area contributed by atoms with Crippen molar-refractivity contribution in [2.45, 2.75) is 36.5 Å². The second kappa shape index (κ2) is 5.64. The number of thiophene rings is 2. The topological polar surface area (TPSA) is 0 Å². The molecule has 0 N–H and O–H groups in total. The maximum atomic E-state index is 2.60. The van der Waals surface area contributed by atoms with Crippen LogP contribution in [0.25, 0.3) is 51.1 Å². The van der Waals surface area contributed by atoms with Gasteiger partial charge in [0, 0.05) is 43.8 Å². The van der Waals surface area contributed by atoms with Crippen LogP contribution in [-0.4, -0.2) is 0 Å². The molecule has 4 atom stereocenters. The van der Waals surface area contributed by atoms with Crippen molar-refractivity contribution in [2.75, 3.05) is 0 Å². The Labute approximate surface area is 204 Å². The lowest BCUT2D eigenvalue weighted by Gasteiger charge is -2.24. The highest BCUT2D eigenvalue weighted by Crippen LogP contribution is 2.61. The molecule has 10 rings (SSSR count). The minimum atomic E-state index is 0.621. The first-order chi connectivity index (χ1) is 16.8. The summed E-state index contributed by atoms with van der Waals surface area (Å²) in [5, 5.41) is 8.72. The predicted octanol–water partition coefficient (Wildman–Crippen LogP) is 9.86. The van der Waals surface area contributed by atoms with Gasteiger partial charge in [0.25, 0.3) is 0 Å². The third-order valence-corrected chi connectivity index (χ3v) is 11.7. The number of rotatable bonds is 0. The summed E-state index contributed by atoms with van der Waals surface area (Å²) in [6, 6.07) is 18.8. The minimum Gasteiger partial charge on any atom is -0.134 e. The van der Waals surface area contributed by atoms with Crippen molar-refractivity contribution < 1.29 is 0 Å². The highest BCUT2D eigenvalue weighted by atomic mass is 32.1. The molecule has 0 radical (unpaired) electrons. The second-order valence-electron chi connectivity index (χ2n) is 10.8. The van der Waals surface area contributed by atoms with Gasteiger partial charge in [0.2, 0.25) is 0 Å². The Morgan fingerprint density at radius 1 is 0.500 bits per heavy atom. The third kappa shape index (κ3) is 1.89. The Bertz CT molecular complexity index is 1990. The Morgan fingerprint density at radius 3 is 1.65 bits per heavy atom. The monoisotopic (exact) mass is 468 g/mol. The second-order valence-corrected chi connectivity index (χ2v) is 12.9. The normalized spacial score (nSPS) is 25.8. The van der Waals surface area contributed by atoms with Crippen molar-refractivity contribution in [3.8, 4) is 0 Å². The lowest BCUT2D eigenvalue weighted by Crippen LogP contribution is -2.05. The van der Waals surface area contributed by atoms with Gasteiger partial charge >= 0.3 is 0 Å². The Morgan fingerprint density at radius 2 is 1.00 bits per heavy atom. The van der Waals surface area contributed by atoms with Gasteiger partial charge < -0.3 is 0 Å². The molecule has 0 saturated carbocycles. The van der Waals surface area contributed by atoms with E-state index in [1.54, 1.807) is 33.0 Å². The summed E-state index contributed by atoms with van der Waals surface area (Å²) in [6.07, 6.45) is 12.6. The first-order valence-electron chi connectivity index (χ1n) is 12.5. The van der Waals surface area contributed by atoms with Crippen LogP contribution >= 0.6 is 22.7 Å². The number of hydrogen-bond acceptors (Lipinski definition) is 2. The molecule has 2 heterocycles. The Balaban J connectivity index is 1.37. The molecule has 0 saturated heterocycles. The predicted molar refractivity (Wildman–Crippen MR) is 148 cm³/mol. The molecule has 34 heavy (non-hydrogen) atoms. The number of allylic oxidation sites excluding steroid dienone is 4. The maximum Gasteiger partial charge on any atom is 0.0542 e. The third-order valence-electron chi connectivity index (χ3n) is 9.19. The SMILES string of the molecule is C1=CC2CC1c1c3c(c4cc5c(cc4c12)sc1c2cc4ccccc4cc2sc51)C1C=CC3C1. The molecule has 4 aliphatic rings. The van der Waals surface area contributed by atoms with E-state index >= 15 is 0 Å². The molecule has 0 spiro atoms. The van der Waals surface area contributed by atoms with E-state index in [2.05, 4.69) is 72.8 Å². The highest BCUT2D eigenvalue weighted by Gasteiger charge is 2.44. The molecule has 2 heteroatoms. The Hall–Kier alpha value is -2.94. The van der Waals surface area contributed by atoms with Gasteiger partial charge in [-0.25, -0.2) is 0 Å². The zero-order valence-corrected chi connectivity index (χ0v) is 20.1. The fourth-order valence-electron chi connectivity index (χ4n) is 7.87. The maximum absolute atomic E-state index is 2.60. The van der Waals surface area contributed by atoms with Gasteiger partial charge in [-0.3, -0.25) is 0 Å². The highest BCUT2D eigenvalue weighted by molar-refractivity contribution is 7.36. The van der Waals surface area contributed by atoms with Crippen LogP contribution in [0.5, 0.6) is 0 Å². The summed E-state index contributed by atoms with van der Waals surface area (Å²) in [5.41, 5.74) is 6.80. The lowest BCUT2D eigenvalue weighted by molar-refractivity contribution is 0.783. The van der Waals surface area contributed by atoms with Crippen molar-refractivity contribution in [3.63, 3.8) is 0 Å². The molecule has 160 valence electrons. The quantitative estimate of drug-likeness (QED) is 0.195. The van der Waals surface area contributed by atoms with Crippen LogP contribution in [0.1, 0.15) is 58.8 Å². The lowest BCUT2D eigenvalue weighted by atomic mass is 9.80. The molecule has 4 aliphatic carbocycles. The smallest absolute Gasteiger partial charge is 0.0542 e. The molecule has 4 unspecified atom stereocenters. The van der Waals surface area contributed by atoms with E-state index in [0.29, 0.717) is 23.7 Å². The van der Waals surface area contributed by atoms with Crippen LogP contribution in [0.15, 0.2) is 72.8 Å². The van der Waals surface area contributed by atoms with E-state index in [9.17, 15) is 0 Å². The first-order valence-corrected chi connectivity index (χ1v) is 14.1. The van der Waals surface area contributed by atoms with Gasteiger partial charge in [-0.05, 0) is 80.9 Å². The summed E-state index contributed by atoms with van der Waals surface area (Å²) in [4.78, 5) is 0. The van der Waals surface area contributed by atoms with Crippen LogP contribution in [0.3, 0.4) is 0 Å². The summed E-state index contributed by atoms with van der Waals surface area (Å²) in [6.45, 7) is 0. The molecule has 0 amide bonds.